The average molecular weight is 365 g/mol. The lowest BCUT2D eigenvalue weighted by Gasteiger charge is -2.21. The fourth-order valence-corrected chi connectivity index (χ4v) is 4.14. The van der Waals surface area contributed by atoms with E-state index in [1.54, 1.807) is 7.05 Å². The van der Waals surface area contributed by atoms with Gasteiger partial charge in [-0.05, 0) is 25.3 Å². The van der Waals surface area contributed by atoms with E-state index < -0.39 is 10.8 Å². The Morgan fingerprint density at radius 1 is 1.32 bits per heavy atom. The molecule has 1 heterocycles. The molecule has 3 unspecified atom stereocenters. The molecule has 1 aliphatic heterocycles. The lowest BCUT2D eigenvalue weighted by molar-refractivity contribution is 0.265. The van der Waals surface area contributed by atoms with Crippen LogP contribution in [-0.2, 0) is 16.6 Å². The topological polar surface area (TPSA) is 56.7 Å². The molecule has 0 saturated carbocycles. The molecule has 0 aliphatic carbocycles. The second-order valence-corrected chi connectivity index (χ2v) is 8.63. The van der Waals surface area contributed by atoms with E-state index in [1.165, 1.54) is 0 Å². The van der Waals surface area contributed by atoms with E-state index in [-0.39, 0.29) is 0 Å². The van der Waals surface area contributed by atoms with Gasteiger partial charge in [-0.3, -0.25) is 14.1 Å². The minimum absolute atomic E-state index is 0.406. The zero-order chi connectivity index (χ0) is 18.2. The fourth-order valence-electron chi connectivity index (χ4n) is 3.10. The van der Waals surface area contributed by atoms with Crippen LogP contribution in [0.3, 0.4) is 0 Å². The maximum Gasteiger partial charge on any atom is 0.191 e. The quantitative estimate of drug-likeness (QED) is 0.572. The van der Waals surface area contributed by atoms with Crippen LogP contribution in [0.2, 0.25) is 0 Å². The SMILES string of the molecule is CN=C(NCCS(=O)Cc1ccccc1)NC1CN(C(C)C)CC1C. The summed E-state index contributed by atoms with van der Waals surface area (Å²) in [7, 11) is 0.922. The molecule has 2 N–H and O–H groups in total. The van der Waals surface area contributed by atoms with Crippen LogP contribution in [0.1, 0.15) is 26.3 Å². The molecule has 25 heavy (non-hydrogen) atoms. The molecule has 6 heteroatoms. The van der Waals surface area contributed by atoms with Crippen LogP contribution < -0.4 is 10.6 Å². The Hall–Kier alpha value is -1.40. The molecule has 1 aliphatic rings. The van der Waals surface area contributed by atoms with Crippen molar-refractivity contribution in [3.63, 3.8) is 0 Å². The zero-order valence-electron chi connectivity index (χ0n) is 15.9. The van der Waals surface area contributed by atoms with Gasteiger partial charge in [-0.2, -0.15) is 0 Å². The van der Waals surface area contributed by atoms with Gasteiger partial charge in [0.15, 0.2) is 5.96 Å². The third-order valence-electron chi connectivity index (χ3n) is 4.71. The van der Waals surface area contributed by atoms with Crippen molar-refractivity contribution in [3.05, 3.63) is 35.9 Å². The Labute approximate surface area is 154 Å². The lowest BCUT2D eigenvalue weighted by Crippen LogP contribution is -2.47. The highest BCUT2D eigenvalue weighted by atomic mass is 32.2. The number of guanidine groups is 1. The number of nitrogens with one attached hydrogen (secondary N) is 2. The first kappa shape index (κ1) is 19.9. The summed E-state index contributed by atoms with van der Waals surface area (Å²) in [4.78, 5) is 6.80. The monoisotopic (exact) mass is 364 g/mol. The second-order valence-electron chi connectivity index (χ2n) is 7.05. The molecule has 5 nitrogen and oxygen atoms in total. The first-order valence-corrected chi connectivity index (χ1v) is 10.6. The highest BCUT2D eigenvalue weighted by Gasteiger charge is 2.31. The van der Waals surface area contributed by atoms with Gasteiger partial charge in [-0.15, -0.1) is 0 Å². The summed E-state index contributed by atoms with van der Waals surface area (Å²) in [5, 5.41) is 6.83. The Balaban J connectivity index is 1.72. The van der Waals surface area contributed by atoms with Crippen molar-refractivity contribution in [3.8, 4) is 0 Å². The minimum Gasteiger partial charge on any atom is -0.355 e. The van der Waals surface area contributed by atoms with Gasteiger partial charge in [0, 0.05) is 61.1 Å². The molecule has 1 saturated heterocycles. The summed E-state index contributed by atoms with van der Waals surface area (Å²) < 4.78 is 12.2. The minimum atomic E-state index is -0.866. The number of likely N-dealkylation sites (tertiary alicyclic amines) is 1. The van der Waals surface area contributed by atoms with Gasteiger partial charge in [0.25, 0.3) is 0 Å². The third kappa shape index (κ3) is 6.44. The number of benzene rings is 1. The Morgan fingerprint density at radius 2 is 2.04 bits per heavy atom. The standard InChI is InChI=1S/C19H32N4OS/c1-15(2)23-12-16(3)18(13-23)22-19(20-4)21-10-11-25(24)14-17-8-6-5-7-9-17/h5-9,15-16,18H,10-14H2,1-4H3,(H2,20,21,22). The van der Waals surface area contributed by atoms with Crippen molar-refractivity contribution >= 4 is 16.8 Å². The number of hydrogen-bond donors (Lipinski definition) is 2. The molecular formula is C19H32N4OS. The summed E-state index contributed by atoms with van der Waals surface area (Å²) in [5.74, 6) is 2.62. The molecule has 3 atom stereocenters. The number of aliphatic imine (C=N–C) groups is 1. The van der Waals surface area contributed by atoms with Crippen LogP contribution in [0.25, 0.3) is 0 Å². The maximum atomic E-state index is 12.2. The molecule has 0 spiro atoms. The molecule has 140 valence electrons. The van der Waals surface area contributed by atoms with E-state index in [4.69, 9.17) is 0 Å². The first-order chi connectivity index (χ1) is 12.0. The van der Waals surface area contributed by atoms with Gasteiger partial charge in [-0.25, -0.2) is 0 Å². The highest BCUT2D eigenvalue weighted by Crippen LogP contribution is 2.18. The molecule has 1 aromatic rings. The summed E-state index contributed by atoms with van der Waals surface area (Å²) in [5.41, 5.74) is 1.12. The van der Waals surface area contributed by atoms with Crippen molar-refractivity contribution in [1.82, 2.24) is 15.5 Å². The summed E-state index contributed by atoms with van der Waals surface area (Å²) in [6.07, 6.45) is 0. The van der Waals surface area contributed by atoms with Gasteiger partial charge in [0.2, 0.25) is 0 Å². The summed E-state index contributed by atoms with van der Waals surface area (Å²) in [6.45, 7) is 9.58. The van der Waals surface area contributed by atoms with Gasteiger partial charge in [0.1, 0.15) is 0 Å². The Kier molecular flexibility index (Phi) is 7.90. The Bertz CT molecular complexity index is 576. The van der Waals surface area contributed by atoms with Crippen molar-refractivity contribution in [2.45, 2.75) is 38.6 Å². The molecule has 1 aromatic carbocycles. The van der Waals surface area contributed by atoms with Crippen LogP contribution in [0.5, 0.6) is 0 Å². The van der Waals surface area contributed by atoms with E-state index in [1.807, 2.05) is 30.3 Å². The fraction of sp³-hybridized carbons (Fsp3) is 0.632. The van der Waals surface area contributed by atoms with Gasteiger partial charge >= 0.3 is 0 Å². The second kappa shape index (κ2) is 9.92. The molecule has 0 bridgehead atoms. The van der Waals surface area contributed by atoms with Crippen molar-refractivity contribution < 1.29 is 4.21 Å². The van der Waals surface area contributed by atoms with E-state index in [0.29, 0.717) is 36.1 Å². The normalized spacial score (nSPS) is 23.0. The van der Waals surface area contributed by atoms with Crippen LogP contribution in [0.4, 0.5) is 0 Å². The molecule has 0 radical (unpaired) electrons. The predicted octanol–water partition coefficient (Wildman–Crippen LogP) is 1.83. The lowest BCUT2D eigenvalue weighted by atomic mass is 10.1. The smallest absolute Gasteiger partial charge is 0.191 e. The largest absolute Gasteiger partial charge is 0.355 e. The van der Waals surface area contributed by atoms with Crippen molar-refractivity contribution in [2.24, 2.45) is 10.9 Å². The molecule has 0 aromatic heterocycles. The predicted molar refractivity (Wildman–Crippen MR) is 107 cm³/mol. The van der Waals surface area contributed by atoms with Crippen LogP contribution in [0.15, 0.2) is 35.3 Å². The van der Waals surface area contributed by atoms with Gasteiger partial charge < -0.3 is 10.6 Å². The molecule has 0 amide bonds. The molecule has 1 fully saturated rings. The molecular weight excluding hydrogens is 332 g/mol. The van der Waals surface area contributed by atoms with Crippen molar-refractivity contribution in [1.29, 1.82) is 0 Å². The first-order valence-electron chi connectivity index (χ1n) is 9.09. The molecule has 2 rings (SSSR count). The van der Waals surface area contributed by atoms with Crippen LogP contribution >= 0.6 is 0 Å². The third-order valence-corrected chi connectivity index (χ3v) is 6.02. The van der Waals surface area contributed by atoms with Crippen LogP contribution in [-0.4, -0.2) is 59.6 Å². The number of nitrogens with zero attached hydrogens (tertiary/aromatic N) is 2. The summed E-state index contributed by atoms with van der Waals surface area (Å²) in [6, 6.07) is 11.0. The van der Waals surface area contributed by atoms with E-state index in [2.05, 4.69) is 41.3 Å². The maximum absolute atomic E-state index is 12.2. The summed E-state index contributed by atoms with van der Waals surface area (Å²) >= 11 is 0. The Morgan fingerprint density at radius 3 is 2.64 bits per heavy atom. The van der Waals surface area contributed by atoms with E-state index in [9.17, 15) is 4.21 Å². The van der Waals surface area contributed by atoms with Crippen LogP contribution in [0, 0.1) is 5.92 Å². The average Bonchev–Trinajstić information content (AvgIpc) is 2.96. The number of hydrogen-bond acceptors (Lipinski definition) is 3. The van der Waals surface area contributed by atoms with E-state index >= 15 is 0 Å². The number of rotatable bonds is 7. The van der Waals surface area contributed by atoms with Gasteiger partial charge in [-0.1, -0.05) is 37.3 Å². The zero-order valence-corrected chi connectivity index (χ0v) is 16.7. The van der Waals surface area contributed by atoms with Crippen molar-refractivity contribution in [2.75, 3.05) is 32.4 Å². The highest BCUT2D eigenvalue weighted by molar-refractivity contribution is 7.84. The van der Waals surface area contributed by atoms with Gasteiger partial charge in [0.05, 0.1) is 0 Å². The van der Waals surface area contributed by atoms with E-state index in [0.717, 1.165) is 24.6 Å².